The highest BCUT2D eigenvalue weighted by Gasteiger charge is 2.29. The summed E-state index contributed by atoms with van der Waals surface area (Å²) >= 11 is 0. The van der Waals surface area contributed by atoms with Crippen LogP contribution >= 0.6 is 0 Å². The maximum absolute atomic E-state index is 12.8. The standard InChI is InChI=1S/C27H34N4O4/c1-2-35-26(33)20-9-7-10-21(17-20)28-25(32)19-8-6-11-22(16-19)29-27(34)30-23-14-15-31(18-23)24-12-4-3-5-13-24/h6-11,16-17,23-24H,2-5,12-15,18H2,1H3,(H,28,32)(H2,29,30,34). The number of nitrogens with zero attached hydrogens (tertiary/aromatic N) is 1. The van der Waals surface area contributed by atoms with Gasteiger partial charge < -0.3 is 20.7 Å². The van der Waals surface area contributed by atoms with Gasteiger partial charge in [0, 0.05) is 42.1 Å². The second kappa shape index (κ2) is 11.8. The summed E-state index contributed by atoms with van der Waals surface area (Å²) in [7, 11) is 0. The zero-order chi connectivity index (χ0) is 24.6. The normalized spacial score (nSPS) is 18.6. The van der Waals surface area contributed by atoms with Crippen LogP contribution in [0.2, 0.25) is 0 Å². The molecule has 4 rings (SSSR count). The van der Waals surface area contributed by atoms with Crippen LogP contribution < -0.4 is 16.0 Å². The maximum Gasteiger partial charge on any atom is 0.338 e. The molecule has 1 aliphatic carbocycles. The fraction of sp³-hybridized carbons (Fsp3) is 0.444. The van der Waals surface area contributed by atoms with Crippen molar-refractivity contribution in [1.82, 2.24) is 10.2 Å². The molecule has 1 heterocycles. The quantitative estimate of drug-likeness (QED) is 0.503. The minimum absolute atomic E-state index is 0.134. The minimum atomic E-state index is -0.440. The Kier molecular flexibility index (Phi) is 8.36. The molecule has 1 saturated heterocycles. The van der Waals surface area contributed by atoms with E-state index in [1.807, 2.05) is 0 Å². The molecule has 3 amide bonds. The van der Waals surface area contributed by atoms with Crippen LogP contribution in [-0.4, -0.2) is 54.6 Å². The molecule has 35 heavy (non-hydrogen) atoms. The fourth-order valence-electron chi connectivity index (χ4n) is 4.92. The Morgan fingerprint density at radius 2 is 1.60 bits per heavy atom. The van der Waals surface area contributed by atoms with Gasteiger partial charge in [0.15, 0.2) is 0 Å². The van der Waals surface area contributed by atoms with Gasteiger partial charge >= 0.3 is 12.0 Å². The molecule has 186 valence electrons. The number of hydrogen-bond donors (Lipinski definition) is 3. The Hall–Kier alpha value is -3.39. The van der Waals surface area contributed by atoms with Gasteiger partial charge in [0.2, 0.25) is 0 Å². The molecule has 2 fully saturated rings. The van der Waals surface area contributed by atoms with Gasteiger partial charge in [0.05, 0.1) is 12.2 Å². The van der Waals surface area contributed by atoms with E-state index in [4.69, 9.17) is 4.74 Å². The number of hydrogen-bond acceptors (Lipinski definition) is 5. The average molecular weight is 479 g/mol. The number of benzene rings is 2. The number of esters is 1. The number of carbonyl (C=O) groups is 3. The lowest BCUT2D eigenvalue weighted by Crippen LogP contribution is -2.42. The zero-order valence-electron chi connectivity index (χ0n) is 20.2. The van der Waals surface area contributed by atoms with Gasteiger partial charge in [-0.1, -0.05) is 31.4 Å². The molecule has 3 N–H and O–H groups in total. The first kappa shape index (κ1) is 24.7. The first-order valence-electron chi connectivity index (χ1n) is 12.5. The van der Waals surface area contributed by atoms with Crippen molar-refractivity contribution in [3.8, 4) is 0 Å². The van der Waals surface area contributed by atoms with Crippen LogP contribution in [0.5, 0.6) is 0 Å². The highest BCUT2D eigenvalue weighted by Crippen LogP contribution is 2.25. The third-order valence-corrected chi connectivity index (χ3v) is 6.66. The van der Waals surface area contributed by atoms with E-state index in [9.17, 15) is 14.4 Å². The van der Waals surface area contributed by atoms with E-state index in [1.165, 1.54) is 32.1 Å². The summed E-state index contributed by atoms with van der Waals surface area (Å²) in [4.78, 5) is 39.8. The van der Waals surface area contributed by atoms with Gasteiger partial charge in [-0.25, -0.2) is 9.59 Å². The van der Waals surface area contributed by atoms with E-state index in [0.717, 1.165) is 19.5 Å². The van der Waals surface area contributed by atoms with Crippen molar-refractivity contribution in [2.75, 3.05) is 30.3 Å². The van der Waals surface area contributed by atoms with Crippen molar-refractivity contribution in [3.05, 3.63) is 59.7 Å². The lowest BCUT2D eigenvalue weighted by molar-refractivity contribution is 0.0526. The summed E-state index contributed by atoms with van der Waals surface area (Å²) < 4.78 is 5.01. The van der Waals surface area contributed by atoms with Crippen LogP contribution in [0.3, 0.4) is 0 Å². The molecule has 1 atom stereocenters. The van der Waals surface area contributed by atoms with Crippen molar-refractivity contribution in [3.63, 3.8) is 0 Å². The van der Waals surface area contributed by atoms with E-state index >= 15 is 0 Å². The number of likely N-dealkylation sites (tertiary alicyclic amines) is 1. The Balaban J connectivity index is 1.30. The second-order valence-corrected chi connectivity index (χ2v) is 9.21. The first-order valence-corrected chi connectivity index (χ1v) is 12.5. The van der Waals surface area contributed by atoms with Gasteiger partial charge in [-0.05, 0) is 62.6 Å². The molecule has 1 aliphatic heterocycles. The largest absolute Gasteiger partial charge is 0.462 e. The van der Waals surface area contributed by atoms with E-state index in [2.05, 4.69) is 20.9 Å². The third-order valence-electron chi connectivity index (χ3n) is 6.66. The number of nitrogens with one attached hydrogen (secondary N) is 3. The molecular formula is C27H34N4O4. The molecule has 2 aromatic carbocycles. The van der Waals surface area contributed by atoms with Gasteiger partial charge in [-0.15, -0.1) is 0 Å². The maximum atomic E-state index is 12.8. The summed E-state index contributed by atoms with van der Waals surface area (Å²) in [6, 6.07) is 13.9. The van der Waals surface area contributed by atoms with Crippen LogP contribution in [0.4, 0.5) is 16.2 Å². The van der Waals surface area contributed by atoms with Crippen LogP contribution in [0.1, 0.15) is 66.2 Å². The molecule has 8 nitrogen and oxygen atoms in total. The molecule has 2 aliphatic rings. The smallest absolute Gasteiger partial charge is 0.338 e. The predicted molar refractivity (Wildman–Crippen MR) is 136 cm³/mol. The lowest BCUT2D eigenvalue weighted by atomic mass is 9.94. The molecule has 0 bridgehead atoms. The Labute approximate surface area is 206 Å². The topological polar surface area (TPSA) is 99.8 Å². The van der Waals surface area contributed by atoms with Gasteiger partial charge in [-0.2, -0.15) is 0 Å². The molecule has 0 radical (unpaired) electrons. The Bertz CT molecular complexity index is 1050. The van der Waals surface area contributed by atoms with Crippen molar-refractivity contribution in [2.24, 2.45) is 0 Å². The van der Waals surface area contributed by atoms with Crippen molar-refractivity contribution in [1.29, 1.82) is 0 Å². The Morgan fingerprint density at radius 1 is 0.914 bits per heavy atom. The monoisotopic (exact) mass is 478 g/mol. The molecule has 1 saturated carbocycles. The van der Waals surface area contributed by atoms with Crippen LogP contribution in [-0.2, 0) is 4.74 Å². The molecule has 0 spiro atoms. The van der Waals surface area contributed by atoms with E-state index in [0.29, 0.717) is 28.5 Å². The van der Waals surface area contributed by atoms with Crippen LogP contribution in [0.25, 0.3) is 0 Å². The summed E-state index contributed by atoms with van der Waals surface area (Å²) in [6.45, 7) is 3.95. The average Bonchev–Trinajstić information content (AvgIpc) is 3.33. The summed E-state index contributed by atoms with van der Waals surface area (Å²) in [6.07, 6.45) is 7.44. The number of carbonyl (C=O) groups excluding carboxylic acids is 3. The van der Waals surface area contributed by atoms with Crippen LogP contribution in [0, 0.1) is 0 Å². The number of ether oxygens (including phenoxy) is 1. The van der Waals surface area contributed by atoms with Crippen LogP contribution in [0.15, 0.2) is 48.5 Å². The van der Waals surface area contributed by atoms with Gasteiger partial charge in [0.25, 0.3) is 5.91 Å². The molecule has 8 heteroatoms. The summed E-state index contributed by atoms with van der Waals surface area (Å²) in [5.74, 6) is -0.779. The predicted octanol–water partition coefficient (Wildman–Crippen LogP) is 4.64. The summed E-state index contributed by atoms with van der Waals surface area (Å²) in [5.41, 5.74) is 1.79. The van der Waals surface area contributed by atoms with Crippen molar-refractivity contribution < 1.29 is 19.1 Å². The van der Waals surface area contributed by atoms with Crippen molar-refractivity contribution >= 4 is 29.3 Å². The fourth-order valence-corrected chi connectivity index (χ4v) is 4.92. The Morgan fingerprint density at radius 3 is 2.34 bits per heavy atom. The SMILES string of the molecule is CCOC(=O)c1cccc(NC(=O)c2cccc(NC(=O)NC3CCN(C4CCCCC4)C3)c2)c1. The third kappa shape index (κ3) is 6.82. The van der Waals surface area contributed by atoms with E-state index in [-0.39, 0.29) is 24.6 Å². The minimum Gasteiger partial charge on any atom is -0.462 e. The number of urea groups is 1. The zero-order valence-corrected chi connectivity index (χ0v) is 20.2. The molecular weight excluding hydrogens is 444 g/mol. The molecule has 1 unspecified atom stereocenters. The van der Waals surface area contributed by atoms with Gasteiger partial charge in [-0.3, -0.25) is 9.69 Å². The number of rotatable bonds is 7. The van der Waals surface area contributed by atoms with Crippen molar-refractivity contribution in [2.45, 2.75) is 57.5 Å². The lowest BCUT2D eigenvalue weighted by Gasteiger charge is -2.31. The highest BCUT2D eigenvalue weighted by atomic mass is 16.5. The number of anilines is 2. The van der Waals surface area contributed by atoms with Gasteiger partial charge in [0.1, 0.15) is 0 Å². The summed E-state index contributed by atoms with van der Waals surface area (Å²) in [5, 5.41) is 8.72. The second-order valence-electron chi connectivity index (χ2n) is 9.21. The van der Waals surface area contributed by atoms with E-state index < -0.39 is 5.97 Å². The molecule has 0 aromatic heterocycles. The number of amides is 3. The first-order chi connectivity index (χ1) is 17.0. The molecule has 2 aromatic rings. The van der Waals surface area contributed by atoms with E-state index in [1.54, 1.807) is 55.5 Å². The highest BCUT2D eigenvalue weighted by molar-refractivity contribution is 6.05.